The van der Waals surface area contributed by atoms with Crippen LogP contribution in [0.5, 0.6) is 0 Å². The second kappa shape index (κ2) is 7.99. The molecule has 1 aliphatic rings. The molecule has 1 heterocycles. The third-order valence-electron chi connectivity index (χ3n) is 4.83. The molecule has 1 rings (SSSR count). The number of nitrogens with one attached hydrogen (secondary N) is 1. The molecule has 1 fully saturated rings. The Morgan fingerprint density at radius 2 is 2.15 bits per heavy atom. The number of carbonyl (C=O) groups excluding carboxylic acids is 1. The lowest BCUT2D eigenvalue weighted by Gasteiger charge is -2.38. The number of carbonyl (C=O) groups is 1. The molecule has 118 valence electrons. The van der Waals surface area contributed by atoms with Crippen LogP contribution in [0.2, 0.25) is 0 Å². The summed E-state index contributed by atoms with van der Waals surface area (Å²) in [6.45, 7) is 11.7. The maximum atomic E-state index is 11.9. The van der Waals surface area contributed by atoms with E-state index in [1.165, 1.54) is 26.5 Å². The summed E-state index contributed by atoms with van der Waals surface area (Å²) < 4.78 is 4.93. The second-order valence-electron chi connectivity index (χ2n) is 6.35. The van der Waals surface area contributed by atoms with Crippen LogP contribution in [0.3, 0.4) is 0 Å². The van der Waals surface area contributed by atoms with Gasteiger partial charge < -0.3 is 15.0 Å². The zero-order valence-electron chi connectivity index (χ0n) is 13.9. The van der Waals surface area contributed by atoms with Crippen molar-refractivity contribution < 1.29 is 9.53 Å². The van der Waals surface area contributed by atoms with Crippen LogP contribution in [-0.2, 0) is 9.53 Å². The van der Waals surface area contributed by atoms with Crippen molar-refractivity contribution in [2.45, 2.75) is 65.0 Å². The van der Waals surface area contributed by atoms with Gasteiger partial charge in [-0.1, -0.05) is 13.8 Å². The Bertz CT molecular complexity index is 309. The fourth-order valence-corrected chi connectivity index (χ4v) is 3.25. The van der Waals surface area contributed by atoms with E-state index >= 15 is 0 Å². The third kappa shape index (κ3) is 4.45. The number of likely N-dealkylation sites (N-methyl/N-ethyl adjacent to an activating group) is 1. The van der Waals surface area contributed by atoms with E-state index in [0.717, 1.165) is 31.8 Å². The highest BCUT2D eigenvalue weighted by atomic mass is 16.5. The molecule has 4 nitrogen and oxygen atoms in total. The van der Waals surface area contributed by atoms with Gasteiger partial charge in [-0.2, -0.15) is 0 Å². The average Bonchev–Trinajstić information content (AvgIpc) is 2.43. The van der Waals surface area contributed by atoms with Gasteiger partial charge in [-0.05, 0) is 65.1 Å². The van der Waals surface area contributed by atoms with E-state index in [1.54, 1.807) is 0 Å². The summed E-state index contributed by atoms with van der Waals surface area (Å²) in [4.78, 5) is 14.5. The molecule has 1 N–H and O–H groups in total. The Morgan fingerprint density at radius 1 is 1.45 bits per heavy atom. The molecular formula is C16H32N2O2. The molecule has 0 saturated carbocycles. The minimum Gasteiger partial charge on any atom is -0.468 e. The van der Waals surface area contributed by atoms with Gasteiger partial charge in [-0.25, -0.2) is 0 Å². The number of hydrogen-bond acceptors (Lipinski definition) is 4. The molecule has 1 saturated heterocycles. The molecule has 0 aromatic carbocycles. The Kier molecular flexibility index (Phi) is 6.96. The van der Waals surface area contributed by atoms with E-state index < -0.39 is 5.54 Å². The van der Waals surface area contributed by atoms with Crippen molar-refractivity contribution in [2.24, 2.45) is 5.92 Å². The molecule has 0 amide bonds. The van der Waals surface area contributed by atoms with Crippen molar-refractivity contribution in [1.29, 1.82) is 0 Å². The van der Waals surface area contributed by atoms with Crippen LogP contribution in [0, 0.1) is 5.92 Å². The molecule has 0 aromatic heterocycles. The summed E-state index contributed by atoms with van der Waals surface area (Å²) in [6, 6.07) is 0.660. The fourth-order valence-electron chi connectivity index (χ4n) is 3.25. The standard InChI is InChI=1S/C16H32N2O2/c1-6-17-16(4,15(19)20-5)10-8-12-18-11-7-9-13(2)14(18)3/h13-14,17H,6-12H2,1-5H3. The fraction of sp³-hybridized carbons (Fsp3) is 0.938. The lowest BCUT2D eigenvalue weighted by Crippen LogP contribution is -2.51. The first-order valence-electron chi connectivity index (χ1n) is 8.02. The van der Waals surface area contributed by atoms with Crippen molar-refractivity contribution >= 4 is 5.97 Å². The first-order valence-corrected chi connectivity index (χ1v) is 8.02. The predicted molar refractivity (Wildman–Crippen MR) is 82.8 cm³/mol. The van der Waals surface area contributed by atoms with Gasteiger partial charge in [0.1, 0.15) is 5.54 Å². The number of hydrogen-bond donors (Lipinski definition) is 1. The smallest absolute Gasteiger partial charge is 0.325 e. The molecule has 0 spiro atoms. The van der Waals surface area contributed by atoms with E-state index in [0.29, 0.717) is 6.04 Å². The quantitative estimate of drug-likeness (QED) is 0.729. The molecule has 4 heteroatoms. The van der Waals surface area contributed by atoms with Crippen molar-refractivity contribution in [3.8, 4) is 0 Å². The second-order valence-corrected chi connectivity index (χ2v) is 6.35. The average molecular weight is 284 g/mol. The molecule has 20 heavy (non-hydrogen) atoms. The summed E-state index contributed by atoms with van der Waals surface area (Å²) >= 11 is 0. The summed E-state index contributed by atoms with van der Waals surface area (Å²) in [5.74, 6) is 0.629. The molecule has 3 unspecified atom stereocenters. The third-order valence-corrected chi connectivity index (χ3v) is 4.83. The van der Waals surface area contributed by atoms with Gasteiger partial charge in [0.2, 0.25) is 0 Å². The molecule has 0 aromatic rings. The van der Waals surface area contributed by atoms with Crippen LogP contribution in [0.4, 0.5) is 0 Å². The number of piperidine rings is 1. The molecule has 0 radical (unpaired) electrons. The highest BCUT2D eigenvalue weighted by Gasteiger charge is 2.33. The minimum atomic E-state index is -0.547. The topological polar surface area (TPSA) is 41.6 Å². The Hall–Kier alpha value is -0.610. The Morgan fingerprint density at radius 3 is 2.75 bits per heavy atom. The maximum Gasteiger partial charge on any atom is 0.325 e. The molecule has 0 bridgehead atoms. The summed E-state index contributed by atoms with van der Waals surface area (Å²) in [6.07, 6.45) is 4.49. The van der Waals surface area contributed by atoms with Gasteiger partial charge in [0.25, 0.3) is 0 Å². The van der Waals surface area contributed by atoms with Gasteiger partial charge in [0.05, 0.1) is 7.11 Å². The van der Waals surface area contributed by atoms with E-state index in [-0.39, 0.29) is 5.97 Å². The zero-order chi connectivity index (χ0) is 15.2. The van der Waals surface area contributed by atoms with E-state index in [2.05, 4.69) is 24.1 Å². The molecule has 1 aliphatic heterocycles. The number of likely N-dealkylation sites (tertiary alicyclic amines) is 1. The van der Waals surface area contributed by atoms with Crippen molar-refractivity contribution in [1.82, 2.24) is 10.2 Å². The lowest BCUT2D eigenvalue weighted by molar-refractivity contribution is -0.148. The highest BCUT2D eigenvalue weighted by Crippen LogP contribution is 2.24. The van der Waals surface area contributed by atoms with Gasteiger partial charge >= 0.3 is 5.97 Å². The first-order chi connectivity index (χ1) is 9.44. The maximum absolute atomic E-state index is 11.9. The number of methoxy groups -OCH3 is 1. The van der Waals surface area contributed by atoms with Crippen LogP contribution in [0.25, 0.3) is 0 Å². The number of rotatable bonds is 7. The minimum absolute atomic E-state index is 0.153. The van der Waals surface area contributed by atoms with Gasteiger partial charge in [0, 0.05) is 6.04 Å². The zero-order valence-corrected chi connectivity index (χ0v) is 13.9. The number of esters is 1. The van der Waals surface area contributed by atoms with Gasteiger partial charge in [-0.3, -0.25) is 4.79 Å². The Balaban J connectivity index is 2.46. The van der Waals surface area contributed by atoms with Gasteiger partial charge in [-0.15, -0.1) is 0 Å². The summed E-state index contributed by atoms with van der Waals surface area (Å²) in [5, 5.41) is 3.27. The first kappa shape index (κ1) is 17.4. The summed E-state index contributed by atoms with van der Waals surface area (Å²) in [5.41, 5.74) is -0.547. The van der Waals surface area contributed by atoms with Crippen LogP contribution in [0.15, 0.2) is 0 Å². The molecule has 0 aliphatic carbocycles. The molecule has 3 atom stereocenters. The largest absolute Gasteiger partial charge is 0.468 e. The van der Waals surface area contributed by atoms with Crippen LogP contribution < -0.4 is 5.32 Å². The van der Waals surface area contributed by atoms with Crippen molar-refractivity contribution in [3.63, 3.8) is 0 Å². The van der Waals surface area contributed by atoms with E-state index in [1.807, 2.05) is 13.8 Å². The van der Waals surface area contributed by atoms with Crippen LogP contribution in [-0.4, -0.2) is 49.2 Å². The Labute approximate surface area is 124 Å². The van der Waals surface area contributed by atoms with Crippen molar-refractivity contribution in [3.05, 3.63) is 0 Å². The molecular weight excluding hydrogens is 252 g/mol. The normalized spacial score (nSPS) is 27.1. The SMILES string of the molecule is CCNC(C)(CCCN1CCCC(C)C1C)C(=O)OC. The number of nitrogens with zero attached hydrogens (tertiary/aromatic N) is 1. The highest BCUT2D eigenvalue weighted by molar-refractivity contribution is 5.80. The van der Waals surface area contributed by atoms with Crippen LogP contribution in [0.1, 0.15) is 53.4 Å². The lowest BCUT2D eigenvalue weighted by atomic mass is 9.91. The van der Waals surface area contributed by atoms with Crippen molar-refractivity contribution in [2.75, 3.05) is 26.7 Å². The summed E-state index contributed by atoms with van der Waals surface area (Å²) in [7, 11) is 1.46. The monoisotopic (exact) mass is 284 g/mol. The van der Waals surface area contributed by atoms with E-state index in [9.17, 15) is 4.79 Å². The van der Waals surface area contributed by atoms with E-state index in [4.69, 9.17) is 4.74 Å². The number of ether oxygens (including phenoxy) is 1. The predicted octanol–water partition coefficient (Wildman–Crippen LogP) is 2.43. The van der Waals surface area contributed by atoms with Crippen LogP contribution >= 0.6 is 0 Å². The van der Waals surface area contributed by atoms with Gasteiger partial charge in [0.15, 0.2) is 0 Å².